The predicted octanol–water partition coefficient (Wildman–Crippen LogP) is 2.05. The number of nitrogens with two attached hydrogens (primary N) is 1. The molecule has 0 saturated carbocycles. The van der Waals surface area contributed by atoms with Crippen LogP contribution in [-0.2, 0) is 6.42 Å². The van der Waals surface area contributed by atoms with Gasteiger partial charge in [-0.2, -0.15) is 0 Å². The maximum atomic E-state index is 9.31. The third-order valence-corrected chi connectivity index (χ3v) is 4.22. The summed E-state index contributed by atoms with van der Waals surface area (Å²) in [5.41, 5.74) is 6.74. The van der Waals surface area contributed by atoms with Crippen molar-refractivity contribution in [2.75, 3.05) is 20.8 Å². The number of para-hydroxylation sites is 1. The fourth-order valence-electron chi connectivity index (χ4n) is 2.65. The van der Waals surface area contributed by atoms with Crippen molar-refractivity contribution >= 4 is 0 Å². The molecule has 0 aliphatic heterocycles. The monoisotopic (exact) mass is 294 g/mol. The lowest BCUT2D eigenvalue weighted by Crippen LogP contribution is -2.48. The van der Waals surface area contributed by atoms with Gasteiger partial charge in [0.15, 0.2) is 0 Å². The molecule has 1 aromatic rings. The summed E-state index contributed by atoms with van der Waals surface area (Å²) in [5, 5.41) is 9.31. The van der Waals surface area contributed by atoms with Gasteiger partial charge in [-0.15, -0.1) is 0 Å². The van der Waals surface area contributed by atoms with E-state index in [-0.39, 0.29) is 6.61 Å². The number of aliphatic hydroxyl groups excluding tert-OH is 1. The summed E-state index contributed by atoms with van der Waals surface area (Å²) >= 11 is 0. The average Bonchev–Trinajstić information content (AvgIpc) is 2.46. The first-order valence-electron chi connectivity index (χ1n) is 7.54. The quantitative estimate of drug-likeness (QED) is 0.770. The second-order valence-corrected chi connectivity index (χ2v) is 6.40. The average molecular weight is 294 g/mol. The Labute approximate surface area is 128 Å². The predicted molar refractivity (Wildman–Crippen MR) is 87.7 cm³/mol. The van der Waals surface area contributed by atoms with Crippen LogP contribution in [0, 0.1) is 0 Å². The highest BCUT2D eigenvalue weighted by Gasteiger charge is 2.25. The first-order chi connectivity index (χ1) is 9.80. The van der Waals surface area contributed by atoms with E-state index < -0.39 is 5.54 Å². The van der Waals surface area contributed by atoms with E-state index in [2.05, 4.69) is 31.9 Å². The molecular weight excluding hydrogens is 264 g/mol. The summed E-state index contributed by atoms with van der Waals surface area (Å²) in [5.74, 6) is 0.935. The number of rotatable bonds is 8. The molecule has 0 saturated heterocycles. The van der Waals surface area contributed by atoms with Gasteiger partial charge in [0.25, 0.3) is 0 Å². The summed E-state index contributed by atoms with van der Waals surface area (Å²) in [6.45, 7) is 6.25. The number of nitrogens with zero attached hydrogens (tertiary/aromatic N) is 1. The van der Waals surface area contributed by atoms with Crippen LogP contribution in [0.1, 0.15) is 32.8 Å². The van der Waals surface area contributed by atoms with Crippen molar-refractivity contribution in [1.82, 2.24) is 4.90 Å². The van der Waals surface area contributed by atoms with Gasteiger partial charge in [0.2, 0.25) is 0 Å². The zero-order valence-electron chi connectivity index (χ0n) is 14.0. The van der Waals surface area contributed by atoms with Crippen LogP contribution in [0.25, 0.3) is 0 Å². The Morgan fingerprint density at radius 1 is 1.29 bits per heavy atom. The molecule has 3 atom stereocenters. The smallest absolute Gasteiger partial charge is 0.122 e. The van der Waals surface area contributed by atoms with Gasteiger partial charge in [-0.1, -0.05) is 18.2 Å². The van der Waals surface area contributed by atoms with Crippen LogP contribution in [0.4, 0.5) is 0 Å². The fourth-order valence-corrected chi connectivity index (χ4v) is 2.65. The van der Waals surface area contributed by atoms with E-state index in [9.17, 15) is 5.11 Å². The van der Waals surface area contributed by atoms with Gasteiger partial charge < -0.3 is 20.5 Å². The Kier molecular flexibility index (Phi) is 6.65. The van der Waals surface area contributed by atoms with Crippen LogP contribution in [0.15, 0.2) is 24.3 Å². The molecule has 0 aliphatic carbocycles. The minimum absolute atomic E-state index is 0.00602. The number of hydrogen-bond donors (Lipinski definition) is 2. The number of hydrogen-bond acceptors (Lipinski definition) is 4. The van der Waals surface area contributed by atoms with Crippen molar-refractivity contribution < 1.29 is 9.84 Å². The second-order valence-electron chi connectivity index (χ2n) is 6.40. The van der Waals surface area contributed by atoms with Crippen LogP contribution in [-0.4, -0.2) is 48.4 Å². The first kappa shape index (κ1) is 18.0. The lowest BCUT2D eigenvalue weighted by molar-refractivity contribution is 0.130. The second kappa shape index (κ2) is 7.78. The van der Waals surface area contributed by atoms with Crippen LogP contribution >= 0.6 is 0 Å². The molecule has 3 unspecified atom stereocenters. The minimum atomic E-state index is -0.530. The Morgan fingerprint density at radius 2 is 1.90 bits per heavy atom. The Bertz CT molecular complexity index is 435. The molecule has 1 aromatic carbocycles. The molecule has 0 aromatic heterocycles. The third kappa shape index (κ3) is 5.30. The number of ether oxygens (including phenoxy) is 1. The summed E-state index contributed by atoms with van der Waals surface area (Å²) < 4.78 is 5.41. The maximum Gasteiger partial charge on any atom is 0.122 e. The van der Waals surface area contributed by atoms with E-state index in [0.717, 1.165) is 18.6 Å². The van der Waals surface area contributed by atoms with Gasteiger partial charge in [0.05, 0.1) is 13.7 Å². The maximum absolute atomic E-state index is 9.31. The summed E-state index contributed by atoms with van der Waals surface area (Å²) in [6, 6.07) is 8.79. The number of benzene rings is 1. The van der Waals surface area contributed by atoms with Crippen LogP contribution in [0.5, 0.6) is 5.75 Å². The SMILES string of the molecule is COc1ccccc1CC(C)N(C)C(C)CC(C)(N)CO. The fraction of sp³-hybridized carbons (Fsp3) is 0.647. The highest BCUT2D eigenvalue weighted by atomic mass is 16.5. The van der Waals surface area contributed by atoms with Crippen molar-refractivity contribution in [2.24, 2.45) is 5.73 Å². The van der Waals surface area contributed by atoms with Gasteiger partial charge in [0, 0.05) is 17.6 Å². The Morgan fingerprint density at radius 3 is 2.48 bits per heavy atom. The van der Waals surface area contributed by atoms with E-state index in [1.165, 1.54) is 5.56 Å². The number of likely N-dealkylation sites (N-methyl/N-ethyl adjacent to an activating group) is 1. The van der Waals surface area contributed by atoms with Crippen LogP contribution in [0.2, 0.25) is 0 Å². The van der Waals surface area contributed by atoms with E-state index in [4.69, 9.17) is 10.5 Å². The standard InChI is InChI=1S/C17H30N2O2/c1-13(10-15-8-6-7-9-16(15)21-5)19(4)14(2)11-17(3,18)12-20/h6-9,13-14,20H,10-12,18H2,1-5H3. The lowest BCUT2D eigenvalue weighted by Gasteiger charge is -2.35. The zero-order valence-corrected chi connectivity index (χ0v) is 14.0. The van der Waals surface area contributed by atoms with Crippen molar-refractivity contribution in [3.8, 4) is 5.75 Å². The molecule has 120 valence electrons. The molecule has 3 N–H and O–H groups in total. The molecule has 0 aliphatic rings. The van der Waals surface area contributed by atoms with Crippen molar-refractivity contribution in [3.05, 3.63) is 29.8 Å². The van der Waals surface area contributed by atoms with Crippen LogP contribution < -0.4 is 10.5 Å². The molecule has 0 fully saturated rings. The molecule has 21 heavy (non-hydrogen) atoms. The molecular formula is C17H30N2O2. The van der Waals surface area contributed by atoms with Crippen LogP contribution in [0.3, 0.4) is 0 Å². The number of aliphatic hydroxyl groups is 1. The molecule has 0 spiro atoms. The molecule has 1 rings (SSSR count). The lowest BCUT2D eigenvalue weighted by atomic mass is 9.94. The number of methoxy groups -OCH3 is 1. The van der Waals surface area contributed by atoms with E-state index in [1.807, 2.05) is 25.1 Å². The van der Waals surface area contributed by atoms with Gasteiger partial charge >= 0.3 is 0 Å². The highest BCUT2D eigenvalue weighted by molar-refractivity contribution is 5.33. The van der Waals surface area contributed by atoms with Gasteiger partial charge in [0.1, 0.15) is 5.75 Å². The van der Waals surface area contributed by atoms with Gasteiger partial charge in [-0.25, -0.2) is 0 Å². The van der Waals surface area contributed by atoms with Gasteiger partial charge in [-0.05, 0) is 52.3 Å². The summed E-state index contributed by atoms with van der Waals surface area (Å²) in [4.78, 5) is 2.31. The zero-order chi connectivity index (χ0) is 16.0. The Balaban J connectivity index is 2.68. The van der Waals surface area contributed by atoms with E-state index in [0.29, 0.717) is 12.1 Å². The molecule has 0 heterocycles. The van der Waals surface area contributed by atoms with Crippen molar-refractivity contribution in [3.63, 3.8) is 0 Å². The van der Waals surface area contributed by atoms with Crippen molar-refractivity contribution in [1.29, 1.82) is 0 Å². The van der Waals surface area contributed by atoms with Gasteiger partial charge in [-0.3, -0.25) is 0 Å². The molecule has 4 nitrogen and oxygen atoms in total. The Hall–Kier alpha value is -1.10. The minimum Gasteiger partial charge on any atom is -0.496 e. The molecule has 0 amide bonds. The summed E-state index contributed by atoms with van der Waals surface area (Å²) in [7, 11) is 3.81. The van der Waals surface area contributed by atoms with E-state index in [1.54, 1.807) is 7.11 Å². The summed E-state index contributed by atoms with van der Waals surface area (Å²) in [6.07, 6.45) is 1.68. The normalized spacial score (nSPS) is 17.3. The third-order valence-electron chi connectivity index (χ3n) is 4.22. The molecule has 0 radical (unpaired) electrons. The molecule has 4 heteroatoms. The van der Waals surface area contributed by atoms with Crippen molar-refractivity contribution in [2.45, 2.75) is 51.2 Å². The highest BCUT2D eigenvalue weighted by Crippen LogP contribution is 2.22. The van der Waals surface area contributed by atoms with E-state index >= 15 is 0 Å². The largest absolute Gasteiger partial charge is 0.496 e. The first-order valence-corrected chi connectivity index (χ1v) is 7.54. The topological polar surface area (TPSA) is 58.7 Å². The molecule has 0 bridgehead atoms.